The highest BCUT2D eigenvalue weighted by Gasteiger charge is 2.53. The van der Waals surface area contributed by atoms with Crippen LogP contribution >= 0.6 is 0 Å². The molecule has 0 atom stereocenters. The Kier molecular flexibility index (Phi) is 2.75. The van der Waals surface area contributed by atoms with Gasteiger partial charge in [0.2, 0.25) is 0 Å². The smallest absolute Gasteiger partial charge is 0.119 e. The van der Waals surface area contributed by atoms with E-state index in [1.54, 1.807) is 12.2 Å². The summed E-state index contributed by atoms with van der Waals surface area (Å²) in [6, 6.07) is 7.80. The minimum Gasteiger partial charge on any atom is -0.497 e. The highest BCUT2D eigenvalue weighted by Crippen LogP contribution is 2.58. The van der Waals surface area contributed by atoms with E-state index in [0.717, 1.165) is 29.2 Å². The first kappa shape index (κ1) is 12.5. The number of hydroxylamine groups is 1. The molecule has 0 radical (unpaired) electrons. The van der Waals surface area contributed by atoms with Crippen LogP contribution in [0.4, 0.5) is 5.69 Å². The van der Waals surface area contributed by atoms with Gasteiger partial charge in [0.05, 0.1) is 18.3 Å². The van der Waals surface area contributed by atoms with Gasteiger partial charge in [-0.2, -0.15) is 0 Å². The van der Waals surface area contributed by atoms with E-state index in [1.165, 1.54) is 38.5 Å². The zero-order valence-corrected chi connectivity index (χ0v) is 12.1. The Morgan fingerprint density at radius 2 is 1.50 bits per heavy atom. The van der Waals surface area contributed by atoms with E-state index in [-0.39, 0.29) is 5.54 Å². The molecule has 4 aliphatic carbocycles. The van der Waals surface area contributed by atoms with Crippen LogP contribution in [0, 0.1) is 17.8 Å². The Morgan fingerprint density at radius 3 is 1.95 bits per heavy atom. The maximum absolute atomic E-state index is 10.8. The number of methoxy groups -OCH3 is 1. The molecule has 4 saturated carbocycles. The Morgan fingerprint density at radius 1 is 1.00 bits per heavy atom. The number of benzene rings is 1. The van der Waals surface area contributed by atoms with Crippen LogP contribution in [0.5, 0.6) is 5.75 Å². The van der Waals surface area contributed by atoms with Gasteiger partial charge in [-0.3, -0.25) is 10.3 Å². The third-order valence-electron chi connectivity index (χ3n) is 5.77. The van der Waals surface area contributed by atoms with Crippen molar-refractivity contribution in [2.24, 2.45) is 17.8 Å². The predicted octanol–water partition coefficient (Wildman–Crippen LogP) is 3.86. The van der Waals surface area contributed by atoms with E-state index < -0.39 is 0 Å². The van der Waals surface area contributed by atoms with Crippen LogP contribution in [0.15, 0.2) is 24.3 Å². The highest BCUT2D eigenvalue weighted by molar-refractivity contribution is 5.49. The Bertz CT molecular complexity index is 461. The molecule has 0 aliphatic heterocycles. The molecule has 0 heterocycles. The minimum atomic E-state index is 0.00331. The fourth-order valence-corrected chi connectivity index (χ4v) is 5.32. The third kappa shape index (κ3) is 1.83. The summed E-state index contributed by atoms with van der Waals surface area (Å²) in [5.74, 6) is 3.37. The molecule has 1 N–H and O–H groups in total. The minimum absolute atomic E-state index is 0.00331. The van der Waals surface area contributed by atoms with E-state index in [9.17, 15) is 5.21 Å². The third-order valence-corrected chi connectivity index (χ3v) is 5.77. The van der Waals surface area contributed by atoms with Gasteiger partial charge in [-0.05, 0) is 80.5 Å². The molecule has 4 fully saturated rings. The van der Waals surface area contributed by atoms with Crippen molar-refractivity contribution < 1.29 is 9.94 Å². The number of hydrogen-bond donors (Lipinski definition) is 1. The van der Waals surface area contributed by atoms with Crippen LogP contribution in [-0.2, 0) is 0 Å². The van der Waals surface area contributed by atoms with Crippen molar-refractivity contribution in [3.05, 3.63) is 24.3 Å². The zero-order valence-electron chi connectivity index (χ0n) is 12.1. The van der Waals surface area contributed by atoms with Gasteiger partial charge in [0.25, 0.3) is 0 Å². The summed E-state index contributed by atoms with van der Waals surface area (Å²) in [5, 5.41) is 12.4. The number of anilines is 1. The molecular formula is C17H23NO2. The van der Waals surface area contributed by atoms with Gasteiger partial charge >= 0.3 is 0 Å². The molecule has 5 rings (SSSR count). The molecule has 4 aliphatic rings. The number of hydrogen-bond acceptors (Lipinski definition) is 3. The van der Waals surface area contributed by atoms with Crippen molar-refractivity contribution in [1.29, 1.82) is 0 Å². The maximum atomic E-state index is 10.8. The fraction of sp³-hybridized carbons (Fsp3) is 0.647. The zero-order chi connectivity index (χ0) is 13.7. The first-order chi connectivity index (χ1) is 9.68. The van der Waals surface area contributed by atoms with Gasteiger partial charge in [0.15, 0.2) is 0 Å². The molecule has 108 valence electrons. The largest absolute Gasteiger partial charge is 0.497 e. The second-order valence-corrected chi connectivity index (χ2v) is 7.15. The molecule has 3 heteroatoms. The summed E-state index contributed by atoms with van der Waals surface area (Å²) >= 11 is 0. The normalized spacial score (nSPS) is 38.0. The van der Waals surface area contributed by atoms with Crippen molar-refractivity contribution in [2.75, 3.05) is 12.2 Å². The average molecular weight is 273 g/mol. The molecule has 1 aromatic carbocycles. The maximum Gasteiger partial charge on any atom is 0.119 e. The predicted molar refractivity (Wildman–Crippen MR) is 78.2 cm³/mol. The molecule has 0 aromatic heterocycles. The summed E-state index contributed by atoms with van der Waals surface area (Å²) in [7, 11) is 1.67. The van der Waals surface area contributed by atoms with Gasteiger partial charge in [-0.25, -0.2) is 0 Å². The van der Waals surface area contributed by atoms with Crippen molar-refractivity contribution in [3.8, 4) is 5.75 Å². The fourth-order valence-electron chi connectivity index (χ4n) is 5.32. The van der Waals surface area contributed by atoms with Crippen molar-refractivity contribution in [1.82, 2.24) is 0 Å². The molecule has 0 amide bonds. The van der Waals surface area contributed by atoms with Crippen LogP contribution in [0.2, 0.25) is 0 Å². The summed E-state index contributed by atoms with van der Waals surface area (Å²) in [5.41, 5.74) is 0.913. The lowest BCUT2D eigenvalue weighted by Gasteiger charge is -2.59. The monoisotopic (exact) mass is 273 g/mol. The van der Waals surface area contributed by atoms with Crippen molar-refractivity contribution in [3.63, 3.8) is 0 Å². The standard InChI is InChI=1S/C17H23NO2/c1-20-16-4-2-15(3-5-16)18(19)17-9-12-6-13(10-17)8-14(7-12)11-17/h2-5,12-14,19H,6-11H2,1H3. The molecule has 0 saturated heterocycles. The van der Waals surface area contributed by atoms with Gasteiger partial charge in [-0.1, -0.05) is 0 Å². The first-order valence-corrected chi connectivity index (χ1v) is 7.82. The highest BCUT2D eigenvalue weighted by atomic mass is 16.5. The second kappa shape index (κ2) is 4.39. The number of rotatable bonds is 3. The lowest BCUT2D eigenvalue weighted by atomic mass is 9.53. The van der Waals surface area contributed by atoms with Gasteiger partial charge in [-0.15, -0.1) is 0 Å². The average Bonchev–Trinajstić information content (AvgIpc) is 2.45. The lowest BCUT2D eigenvalue weighted by Crippen LogP contribution is -2.59. The number of nitrogens with zero attached hydrogens (tertiary/aromatic N) is 1. The topological polar surface area (TPSA) is 32.7 Å². The van der Waals surface area contributed by atoms with E-state index in [2.05, 4.69) is 0 Å². The Labute approximate surface area is 120 Å². The summed E-state index contributed by atoms with van der Waals surface area (Å²) in [4.78, 5) is 0. The van der Waals surface area contributed by atoms with Gasteiger partial charge < -0.3 is 4.74 Å². The summed E-state index contributed by atoms with van der Waals surface area (Å²) in [6.45, 7) is 0. The van der Waals surface area contributed by atoms with Crippen LogP contribution < -0.4 is 9.80 Å². The second-order valence-electron chi connectivity index (χ2n) is 7.15. The molecule has 4 bridgehead atoms. The summed E-state index contributed by atoms with van der Waals surface area (Å²) < 4.78 is 5.20. The van der Waals surface area contributed by atoms with Crippen molar-refractivity contribution >= 4 is 5.69 Å². The SMILES string of the molecule is COc1ccc(N(O)C23CC4CC(CC(C4)C2)C3)cc1. The van der Waals surface area contributed by atoms with Gasteiger partial charge in [0.1, 0.15) is 5.75 Å². The Hall–Kier alpha value is -1.22. The van der Waals surface area contributed by atoms with Crippen LogP contribution in [0.1, 0.15) is 38.5 Å². The van der Waals surface area contributed by atoms with Gasteiger partial charge in [0, 0.05) is 0 Å². The molecule has 0 unspecified atom stereocenters. The molecule has 3 nitrogen and oxygen atoms in total. The van der Waals surface area contributed by atoms with E-state index in [4.69, 9.17) is 4.74 Å². The van der Waals surface area contributed by atoms with E-state index in [1.807, 2.05) is 24.3 Å². The van der Waals surface area contributed by atoms with Crippen LogP contribution in [0.3, 0.4) is 0 Å². The van der Waals surface area contributed by atoms with Crippen molar-refractivity contribution in [2.45, 2.75) is 44.1 Å². The molecule has 1 aromatic rings. The van der Waals surface area contributed by atoms with E-state index in [0.29, 0.717) is 0 Å². The van der Waals surface area contributed by atoms with Crippen LogP contribution in [-0.4, -0.2) is 17.9 Å². The van der Waals surface area contributed by atoms with E-state index >= 15 is 0 Å². The molecular weight excluding hydrogens is 250 g/mol. The lowest BCUT2D eigenvalue weighted by molar-refractivity contribution is -0.0421. The number of ether oxygens (including phenoxy) is 1. The Balaban J connectivity index is 1.62. The molecule has 0 spiro atoms. The quantitative estimate of drug-likeness (QED) is 0.849. The summed E-state index contributed by atoms with van der Waals surface area (Å²) in [6.07, 6.45) is 7.70. The van der Waals surface area contributed by atoms with Crippen LogP contribution in [0.25, 0.3) is 0 Å². The first-order valence-electron chi connectivity index (χ1n) is 7.82. The molecule has 20 heavy (non-hydrogen) atoms.